The summed E-state index contributed by atoms with van der Waals surface area (Å²) in [6.45, 7) is 5.88. The van der Waals surface area contributed by atoms with Crippen molar-refractivity contribution in [2.45, 2.75) is 39.2 Å². The lowest BCUT2D eigenvalue weighted by Crippen LogP contribution is -2.46. The molecule has 7 nitrogen and oxygen atoms in total. The number of likely N-dealkylation sites (tertiary alicyclic amines) is 1. The molecule has 1 aromatic heterocycles. The molecule has 1 saturated heterocycles. The first kappa shape index (κ1) is 19.1. The molecule has 3 rings (SSSR count). The summed E-state index contributed by atoms with van der Waals surface area (Å²) in [6.07, 6.45) is 3.99. The van der Waals surface area contributed by atoms with Crippen LogP contribution in [0.15, 0.2) is 30.5 Å². The van der Waals surface area contributed by atoms with Crippen LogP contribution in [0.3, 0.4) is 0 Å². The summed E-state index contributed by atoms with van der Waals surface area (Å²) >= 11 is 0. The highest BCUT2D eigenvalue weighted by Crippen LogP contribution is 2.18. The topological polar surface area (TPSA) is 93.2 Å². The van der Waals surface area contributed by atoms with Gasteiger partial charge in [0, 0.05) is 19.1 Å². The second-order valence-electron chi connectivity index (χ2n) is 7.10. The third kappa shape index (κ3) is 4.54. The van der Waals surface area contributed by atoms with E-state index in [1.165, 1.54) is 5.56 Å². The fraction of sp³-hybridized carbons (Fsp3) is 0.450. The van der Waals surface area contributed by atoms with Crippen molar-refractivity contribution in [1.82, 2.24) is 20.0 Å². The lowest BCUT2D eigenvalue weighted by molar-refractivity contribution is -0.119. The number of hydrogen-bond donors (Lipinski definition) is 2. The minimum absolute atomic E-state index is 0.0847. The van der Waals surface area contributed by atoms with Crippen molar-refractivity contribution in [1.29, 1.82) is 0 Å². The van der Waals surface area contributed by atoms with Gasteiger partial charge in [-0.25, -0.2) is 4.68 Å². The molecule has 2 aromatic rings. The second kappa shape index (κ2) is 8.35. The zero-order valence-corrected chi connectivity index (χ0v) is 15.9. The van der Waals surface area contributed by atoms with Crippen LogP contribution in [-0.2, 0) is 11.2 Å². The summed E-state index contributed by atoms with van der Waals surface area (Å²) in [4.78, 5) is 25.8. The molecule has 1 fully saturated rings. The van der Waals surface area contributed by atoms with Crippen LogP contribution in [0.5, 0.6) is 0 Å². The van der Waals surface area contributed by atoms with Crippen molar-refractivity contribution in [2.24, 2.45) is 5.73 Å². The van der Waals surface area contributed by atoms with Crippen LogP contribution in [0.2, 0.25) is 0 Å². The number of aryl methyl sites for hydroxylation is 1. The van der Waals surface area contributed by atoms with Crippen LogP contribution in [0, 0.1) is 6.92 Å². The van der Waals surface area contributed by atoms with Gasteiger partial charge in [-0.2, -0.15) is 5.10 Å². The van der Waals surface area contributed by atoms with Gasteiger partial charge in [0.25, 0.3) is 5.91 Å². The predicted molar refractivity (Wildman–Crippen MR) is 104 cm³/mol. The maximum absolute atomic E-state index is 12.8. The largest absolute Gasteiger partial charge is 0.369 e. The fourth-order valence-electron chi connectivity index (χ4n) is 3.53. The van der Waals surface area contributed by atoms with Gasteiger partial charge in [-0.3, -0.25) is 14.5 Å². The molecule has 2 heterocycles. The Morgan fingerprint density at radius 2 is 1.89 bits per heavy atom. The molecule has 1 aromatic carbocycles. The van der Waals surface area contributed by atoms with E-state index < -0.39 is 0 Å². The van der Waals surface area contributed by atoms with Crippen LogP contribution in [0.1, 0.15) is 41.4 Å². The molecule has 0 radical (unpaired) electrons. The van der Waals surface area contributed by atoms with E-state index in [1.54, 1.807) is 6.20 Å². The van der Waals surface area contributed by atoms with E-state index in [4.69, 9.17) is 5.73 Å². The minimum Gasteiger partial charge on any atom is -0.369 e. The number of carbonyl (C=O) groups excluding carboxylic acids is 2. The Morgan fingerprint density at radius 1 is 1.22 bits per heavy atom. The van der Waals surface area contributed by atoms with E-state index in [0.717, 1.165) is 37.3 Å². The van der Waals surface area contributed by atoms with E-state index in [1.807, 2.05) is 47.7 Å². The van der Waals surface area contributed by atoms with Gasteiger partial charge in [-0.05, 0) is 38.3 Å². The van der Waals surface area contributed by atoms with Crippen molar-refractivity contribution < 1.29 is 9.59 Å². The zero-order chi connectivity index (χ0) is 19.4. The number of hydrogen-bond acceptors (Lipinski definition) is 4. The average molecular weight is 369 g/mol. The summed E-state index contributed by atoms with van der Waals surface area (Å²) in [5.41, 5.74) is 8.91. The molecule has 0 unspecified atom stereocenters. The molecule has 0 aliphatic carbocycles. The van der Waals surface area contributed by atoms with Crippen LogP contribution < -0.4 is 11.1 Å². The third-order valence-corrected chi connectivity index (χ3v) is 5.03. The van der Waals surface area contributed by atoms with Crippen LogP contribution >= 0.6 is 0 Å². The smallest absolute Gasteiger partial charge is 0.254 e. The standard InChI is InChI=1S/C20H27N5O2/c1-3-18-17(12-22-25(18)16-6-4-14(2)5-7-16)20(27)23-15-8-10-24(11-9-15)13-19(21)26/h4-7,12,15H,3,8-11,13H2,1-2H3,(H2,21,26)(H,23,27). The van der Waals surface area contributed by atoms with E-state index in [0.29, 0.717) is 12.0 Å². The molecule has 0 spiro atoms. The molecule has 7 heteroatoms. The number of rotatable bonds is 6. The number of nitrogens with one attached hydrogen (secondary N) is 1. The highest BCUT2D eigenvalue weighted by Gasteiger charge is 2.24. The molecular formula is C20H27N5O2. The summed E-state index contributed by atoms with van der Waals surface area (Å²) < 4.78 is 1.84. The molecule has 2 amide bonds. The molecule has 0 bridgehead atoms. The van der Waals surface area contributed by atoms with Gasteiger partial charge in [0.1, 0.15) is 0 Å². The highest BCUT2D eigenvalue weighted by molar-refractivity contribution is 5.95. The summed E-state index contributed by atoms with van der Waals surface area (Å²) in [7, 11) is 0. The van der Waals surface area contributed by atoms with Gasteiger partial charge >= 0.3 is 0 Å². The Kier molecular flexibility index (Phi) is 5.91. The summed E-state index contributed by atoms with van der Waals surface area (Å²) in [5, 5.41) is 7.56. The lowest BCUT2D eigenvalue weighted by Gasteiger charge is -2.31. The Labute approximate surface area is 159 Å². The van der Waals surface area contributed by atoms with E-state index in [-0.39, 0.29) is 24.4 Å². The first-order chi connectivity index (χ1) is 13.0. The molecule has 0 saturated carbocycles. The number of nitrogens with two attached hydrogens (primary N) is 1. The predicted octanol–water partition coefficient (Wildman–Crippen LogP) is 1.42. The Bertz CT molecular complexity index is 804. The van der Waals surface area contributed by atoms with Gasteiger partial charge in [0.15, 0.2) is 0 Å². The van der Waals surface area contributed by atoms with Crippen molar-refractivity contribution in [3.05, 3.63) is 47.3 Å². The number of piperidine rings is 1. The monoisotopic (exact) mass is 369 g/mol. The molecular weight excluding hydrogens is 342 g/mol. The number of nitrogens with zero attached hydrogens (tertiary/aromatic N) is 3. The van der Waals surface area contributed by atoms with E-state index in [2.05, 4.69) is 10.4 Å². The number of amides is 2. The average Bonchev–Trinajstić information content (AvgIpc) is 3.07. The van der Waals surface area contributed by atoms with Crippen molar-refractivity contribution in [3.63, 3.8) is 0 Å². The Hall–Kier alpha value is -2.67. The molecule has 27 heavy (non-hydrogen) atoms. The third-order valence-electron chi connectivity index (χ3n) is 5.03. The molecule has 1 aliphatic rings. The summed E-state index contributed by atoms with van der Waals surface area (Å²) in [6, 6.07) is 8.20. The number of primary amides is 1. The maximum Gasteiger partial charge on any atom is 0.254 e. The first-order valence-electron chi connectivity index (χ1n) is 9.43. The minimum atomic E-state index is -0.311. The first-order valence-corrected chi connectivity index (χ1v) is 9.43. The Morgan fingerprint density at radius 3 is 2.48 bits per heavy atom. The fourth-order valence-corrected chi connectivity index (χ4v) is 3.53. The summed E-state index contributed by atoms with van der Waals surface area (Å²) in [5.74, 6) is -0.396. The van der Waals surface area contributed by atoms with Crippen LogP contribution in [0.25, 0.3) is 5.69 Å². The molecule has 1 aliphatic heterocycles. The van der Waals surface area contributed by atoms with Crippen LogP contribution in [0.4, 0.5) is 0 Å². The Balaban J connectivity index is 1.67. The molecule has 144 valence electrons. The second-order valence-corrected chi connectivity index (χ2v) is 7.10. The molecule has 0 atom stereocenters. The number of aromatic nitrogens is 2. The van der Waals surface area contributed by atoms with Crippen molar-refractivity contribution in [2.75, 3.05) is 19.6 Å². The highest BCUT2D eigenvalue weighted by atomic mass is 16.2. The van der Waals surface area contributed by atoms with Crippen LogP contribution in [-0.4, -0.2) is 52.2 Å². The van der Waals surface area contributed by atoms with Gasteiger partial charge in [-0.1, -0.05) is 24.6 Å². The lowest BCUT2D eigenvalue weighted by atomic mass is 10.0. The van der Waals surface area contributed by atoms with Gasteiger partial charge in [0.05, 0.1) is 29.7 Å². The maximum atomic E-state index is 12.8. The van der Waals surface area contributed by atoms with Gasteiger partial charge in [-0.15, -0.1) is 0 Å². The number of carbonyl (C=O) groups is 2. The number of benzene rings is 1. The van der Waals surface area contributed by atoms with Gasteiger partial charge < -0.3 is 11.1 Å². The molecule has 3 N–H and O–H groups in total. The SMILES string of the molecule is CCc1c(C(=O)NC2CCN(CC(N)=O)CC2)cnn1-c1ccc(C)cc1. The zero-order valence-electron chi connectivity index (χ0n) is 15.9. The normalized spacial score (nSPS) is 15.6. The van der Waals surface area contributed by atoms with E-state index >= 15 is 0 Å². The quantitative estimate of drug-likeness (QED) is 0.805. The van der Waals surface area contributed by atoms with Crippen molar-refractivity contribution >= 4 is 11.8 Å². The van der Waals surface area contributed by atoms with Crippen molar-refractivity contribution in [3.8, 4) is 5.69 Å². The van der Waals surface area contributed by atoms with E-state index in [9.17, 15) is 9.59 Å². The van der Waals surface area contributed by atoms with Gasteiger partial charge in [0.2, 0.25) is 5.91 Å².